The summed E-state index contributed by atoms with van der Waals surface area (Å²) in [6.07, 6.45) is 0.0939. The van der Waals surface area contributed by atoms with E-state index in [0.29, 0.717) is 6.61 Å². The first kappa shape index (κ1) is 23.2. The van der Waals surface area contributed by atoms with Gasteiger partial charge in [-0.1, -0.05) is 67.6 Å². The summed E-state index contributed by atoms with van der Waals surface area (Å²) in [5.74, 6) is 0.0491. The van der Waals surface area contributed by atoms with E-state index in [1.54, 1.807) is 0 Å². The number of rotatable bonds is 9. The van der Waals surface area contributed by atoms with Crippen LogP contribution in [0.15, 0.2) is 78.0 Å². The molecule has 1 aliphatic heterocycles. The number of fused-ring (bicyclic) bond motifs is 1. The number of hydrogen-bond acceptors (Lipinski definition) is 5. The predicted molar refractivity (Wildman–Crippen MR) is 133 cm³/mol. The third kappa shape index (κ3) is 6.09. The fourth-order valence-electron chi connectivity index (χ4n) is 4.20. The minimum atomic E-state index is -0.641. The number of benzene rings is 3. The Labute approximate surface area is 200 Å². The minimum Gasteiger partial charge on any atom is -0.489 e. The van der Waals surface area contributed by atoms with Crippen LogP contribution in [0.5, 0.6) is 5.75 Å². The zero-order chi connectivity index (χ0) is 23.2. The van der Waals surface area contributed by atoms with Gasteiger partial charge in [-0.25, -0.2) is 0 Å². The van der Waals surface area contributed by atoms with Crippen molar-refractivity contribution in [2.45, 2.75) is 44.8 Å². The summed E-state index contributed by atoms with van der Waals surface area (Å²) in [7, 11) is 0. The maximum Gasteiger partial charge on any atom is 0.286 e. The molecule has 1 aliphatic rings. The minimum absolute atomic E-state index is 0.0847. The first-order valence-electron chi connectivity index (χ1n) is 11.2. The Morgan fingerprint density at radius 3 is 2.18 bits per heavy atom. The molecule has 0 bridgehead atoms. The van der Waals surface area contributed by atoms with Crippen molar-refractivity contribution in [3.8, 4) is 5.75 Å². The Morgan fingerprint density at radius 2 is 1.58 bits per heavy atom. The molecule has 170 valence electrons. The van der Waals surface area contributed by atoms with Gasteiger partial charge in [0, 0.05) is 36.5 Å². The molecule has 0 aliphatic carbocycles. The summed E-state index contributed by atoms with van der Waals surface area (Å²) < 4.78 is 5.94. The Kier molecular flexibility index (Phi) is 7.57. The fourth-order valence-corrected chi connectivity index (χ4v) is 4.47. The van der Waals surface area contributed by atoms with Crippen LogP contribution in [0.3, 0.4) is 0 Å². The number of nitrogens with zero attached hydrogens (tertiary/aromatic N) is 2. The van der Waals surface area contributed by atoms with Gasteiger partial charge >= 0.3 is 0 Å². The van der Waals surface area contributed by atoms with E-state index in [4.69, 9.17) is 4.74 Å². The summed E-state index contributed by atoms with van der Waals surface area (Å²) in [4.78, 5) is 24.0. The van der Waals surface area contributed by atoms with Crippen LogP contribution in [0, 0.1) is 10.8 Å². The molecule has 3 aromatic carbocycles. The molecule has 0 saturated carbocycles. The standard InChI is InChI=1S/C27H28N2O3S/c1-19(14-26(30)28-31)27(33)22-10-12-25(13-11-22)32-18-21-8-6-20(7-9-21)15-29-16-23-4-2-3-5-24(23)17-29/h2-13,19,27,33H,14-18H2,1H3/t19-,27?/m0/s1. The first-order chi connectivity index (χ1) is 16.0. The van der Waals surface area contributed by atoms with Crippen LogP contribution >= 0.6 is 12.6 Å². The van der Waals surface area contributed by atoms with E-state index >= 15 is 0 Å². The van der Waals surface area contributed by atoms with E-state index in [2.05, 4.69) is 71.2 Å². The summed E-state index contributed by atoms with van der Waals surface area (Å²) >= 11 is 4.60. The lowest BCUT2D eigenvalue weighted by Crippen LogP contribution is -2.15. The largest absolute Gasteiger partial charge is 0.489 e. The molecular weight excluding hydrogens is 432 g/mol. The lowest BCUT2D eigenvalue weighted by Gasteiger charge is -2.18. The van der Waals surface area contributed by atoms with Crippen molar-refractivity contribution in [1.29, 1.82) is 0 Å². The highest BCUT2D eigenvalue weighted by Crippen LogP contribution is 2.32. The average Bonchev–Trinajstić information content (AvgIpc) is 3.25. The number of ether oxygens (including phenoxy) is 1. The molecule has 0 saturated heterocycles. The zero-order valence-corrected chi connectivity index (χ0v) is 19.6. The average molecular weight is 461 g/mol. The van der Waals surface area contributed by atoms with Gasteiger partial charge in [-0.05, 0) is 45.9 Å². The molecule has 1 unspecified atom stereocenters. The van der Waals surface area contributed by atoms with Gasteiger partial charge in [-0.15, -0.1) is 4.91 Å². The molecular formula is C27H28N2O3S. The molecule has 33 heavy (non-hydrogen) atoms. The van der Waals surface area contributed by atoms with Crippen LogP contribution in [0.4, 0.5) is 0 Å². The quantitative estimate of drug-likeness (QED) is 0.311. The molecule has 3 aromatic rings. The smallest absolute Gasteiger partial charge is 0.286 e. The van der Waals surface area contributed by atoms with Crippen molar-refractivity contribution in [3.05, 3.63) is 106 Å². The van der Waals surface area contributed by atoms with Gasteiger partial charge in [0.1, 0.15) is 12.4 Å². The van der Waals surface area contributed by atoms with Crippen LogP contribution in [0.25, 0.3) is 0 Å². The van der Waals surface area contributed by atoms with Gasteiger partial charge < -0.3 is 4.74 Å². The third-order valence-corrected chi connectivity index (χ3v) is 6.91. The van der Waals surface area contributed by atoms with E-state index in [-0.39, 0.29) is 17.6 Å². The van der Waals surface area contributed by atoms with Gasteiger partial charge in [-0.2, -0.15) is 12.6 Å². The van der Waals surface area contributed by atoms with E-state index in [1.807, 2.05) is 31.2 Å². The summed E-state index contributed by atoms with van der Waals surface area (Å²) in [6, 6.07) is 24.9. The number of carbonyl (C=O) groups excluding carboxylic acids is 1. The third-order valence-electron chi connectivity index (χ3n) is 6.10. The number of amides is 1. The van der Waals surface area contributed by atoms with Gasteiger partial charge in [-0.3, -0.25) is 9.69 Å². The van der Waals surface area contributed by atoms with Gasteiger partial charge in [0.25, 0.3) is 5.91 Å². The highest BCUT2D eigenvalue weighted by atomic mass is 32.1. The lowest BCUT2D eigenvalue weighted by molar-refractivity contribution is -0.118. The van der Waals surface area contributed by atoms with E-state index in [9.17, 15) is 9.70 Å². The first-order valence-corrected chi connectivity index (χ1v) is 11.7. The van der Waals surface area contributed by atoms with Crippen molar-refractivity contribution in [3.63, 3.8) is 0 Å². The van der Waals surface area contributed by atoms with E-state index in [0.717, 1.165) is 36.5 Å². The highest BCUT2D eigenvalue weighted by molar-refractivity contribution is 7.80. The van der Waals surface area contributed by atoms with Crippen LogP contribution in [0.1, 0.15) is 46.4 Å². The Bertz CT molecular complexity index is 1070. The van der Waals surface area contributed by atoms with Gasteiger partial charge in [0.05, 0.1) is 0 Å². The van der Waals surface area contributed by atoms with Crippen molar-refractivity contribution in [1.82, 2.24) is 4.90 Å². The van der Waals surface area contributed by atoms with Crippen LogP contribution < -0.4 is 4.74 Å². The second-order valence-electron chi connectivity index (χ2n) is 8.70. The summed E-state index contributed by atoms with van der Waals surface area (Å²) in [5, 5.41) is 2.31. The molecule has 0 aromatic heterocycles. The van der Waals surface area contributed by atoms with Crippen molar-refractivity contribution in [2.75, 3.05) is 0 Å². The molecule has 1 amide bonds. The molecule has 0 radical (unpaired) electrons. The second-order valence-corrected chi connectivity index (χ2v) is 9.26. The number of thiol groups is 1. The number of nitroso groups, excluding NO2 is 1. The highest BCUT2D eigenvalue weighted by Gasteiger charge is 2.19. The molecule has 0 fully saturated rings. The maximum atomic E-state index is 11.3. The fraction of sp³-hybridized carbons (Fsp3) is 0.296. The van der Waals surface area contributed by atoms with Gasteiger partial charge in [0.2, 0.25) is 0 Å². The van der Waals surface area contributed by atoms with Crippen molar-refractivity contribution in [2.24, 2.45) is 11.1 Å². The number of carbonyl (C=O) groups is 1. The SMILES string of the molecule is C[C@@H](CC(=O)N=O)C(S)c1ccc(OCc2ccc(CN3Cc4ccccc4C3)cc2)cc1. The Balaban J connectivity index is 1.26. The Hall–Kier alpha value is -2.96. The van der Waals surface area contributed by atoms with E-state index < -0.39 is 5.91 Å². The van der Waals surface area contributed by atoms with Crippen molar-refractivity contribution >= 4 is 18.5 Å². The molecule has 0 spiro atoms. The molecule has 2 atom stereocenters. The number of hydrogen-bond donors (Lipinski definition) is 1. The molecule has 5 nitrogen and oxygen atoms in total. The zero-order valence-electron chi connectivity index (χ0n) is 18.7. The summed E-state index contributed by atoms with van der Waals surface area (Å²) in [5.41, 5.74) is 6.25. The monoisotopic (exact) mass is 460 g/mol. The lowest BCUT2D eigenvalue weighted by atomic mass is 9.97. The van der Waals surface area contributed by atoms with Crippen molar-refractivity contribution < 1.29 is 9.53 Å². The molecule has 1 heterocycles. The Morgan fingerprint density at radius 1 is 0.970 bits per heavy atom. The van der Waals surface area contributed by atoms with Gasteiger partial charge in [0.15, 0.2) is 0 Å². The molecule has 0 N–H and O–H groups in total. The predicted octanol–water partition coefficient (Wildman–Crippen LogP) is 6.07. The molecule has 6 heteroatoms. The van der Waals surface area contributed by atoms with Crippen LogP contribution in [0.2, 0.25) is 0 Å². The summed E-state index contributed by atoms with van der Waals surface area (Å²) in [6.45, 7) is 5.34. The normalized spacial score (nSPS) is 15.0. The molecule has 4 rings (SSSR count). The topological polar surface area (TPSA) is 59.0 Å². The maximum absolute atomic E-state index is 11.3. The van der Waals surface area contributed by atoms with Crippen LogP contribution in [-0.4, -0.2) is 10.8 Å². The second kappa shape index (κ2) is 10.8. The van der Waals surface area contributed by atoms with Crippen LogP contribution in [-0.2, 0) is 31.0 Å². The van der Waals surface area contributed by atoms with E-state index in [1.165, 1.54) is 16.7 Å².